The zero-order valence-electron chi connectivity index (χ0n) is 19.2. The molecule has 5 nitrogen and oxygen atoms in total. The first-order valence-electron chi connectivity index (χ1n) is 10.7. The molecule has 0 unspecified atom stereocenters. The highest BCUT2D eigenvalue weighted by Crippen LogP contribution is 2.22. The second kappa shape index (κ2) is 11.1. The van der Waals surface area contributed by atoms with Crippen molar-refractivity contribution in [2.45, 2.75) is 26.2 Å². The molecular formula is C27H26ClN3O2S. The summed E-state index contributed by atoms with van der Waals surface area (Å²) in [6.07, 6.45) is 3.06. The van der Waals surface area contributed by atoms with E-state index in [4.69, 9.17) is 23.8 Å². The number of amides is 2. The van der Waals surface area contributed by atoms with E-state index in [1.54, 1.807) is 42.5 Å². The number of halogens is 1. The smallest absolute Gasteiger partial charge is 0.255 e. The maximum atomic E-state index is 12.5. The second-order valence-electron chi connectivity index (χ2n) is 8.69. The van der Waals surface area contributed by atoms with Gasteiger partial charge in [0.05, 0.1) is 0 Å². The Kier molecular flexibility index (Phi) is 8.21. The van der Waals surface area contributed by atoms with Crippen molar-refractivity contribution in [1.82, 2.24) is 5.32 Å². The summed E-state index contributed by atoms with van der Waals surface area (Å²) in [6, 6.07) is 21.8. The Morgan fingerprint density at radius 3 is 1.94 bits per heavy atom. The number of anilines is 2. The fourth-order valence-corrected chi connectivity index (χ4v) is 3.37. The predicted molar refractivity (Wildman–Crippen MR) is 144 cm³/mol. The number of carbonyl (C=O) groups is 2. The van der Waals surface area contributed by atoms with Gasteiger partial charge in [-0.1, -0.05) is 56.6 Å². The van der Waals surface area contributed by atoms with Crippen molar-refractivity contribution in [3.05, 3.63) is 101 Å². The Bertz CT molecular complexity index is 1200. The molecule has 0 aliphatic rings. The third kappa shape index (κ3) is 7.54. The highest BCUT2D eigenvalue weighted by molar-refractivity contribution is 7.80. The number of hydrogen-bond donors (Lipinski definition) is 3. The molecule has 0 saturated heterocycles. The molecule has 0 aliphatic heterocycles. The first-order chi connectivity index (χ1) is 16.1. The van der Waals surface area contributed by atoms with Gasteiger partial charge in [-0.3, -0.25) is 14.9 Å². The van der Waals surface area contributed by atoms with Crippen LogP contribution in [0.2, 0.25) is 5.02 Å². The highest BCUT2D eigenvalue weighted by Gasteiger charge is 2.14. The van der Waals surface area contributed by atoms with Gasteiger partial charge in [-0.25, -0.2) is 0 Å². The normalized spacial score (nSPS) is 11.2. The van der Waals surface area contributed by atoms with Gasteiger partial charge in [-0.15, -0.1) is 0 Å². The minimum Gasteiger partial charge on any atom is -0.332 e. The molecule has 0 saturated carbocycles. The van der Waals surface area contributed by atoms with Crippen LogP contribution in [0.1, 0.15) is 42.3 Å². The molecule has 0 aliphatic carbocycles. The van der Waals surface area contributed by atoms with Crippen LogP contribution in [-0.2, 0) is 10.2 Å². The van der Waals surface area contributed by atoms with E-state index in [-0.39, 0.29) is 22.3 Å². The summed E-state index contributed by atoms with van der Waals surface area (Å²) in [7, 11) is 0. The van der Waals surface area contributed by atoms with Gasteiger partial charge in [0.2, 0.25) is 5.91 Å². The largest absolute Gasteiger partial charge is 0.332 e. The van der Waals surface area contributed by atoms with Crippen LogP contribution in [0.3, 0.4) is 0 Å². The summed E-state index contributed by atoms with van der Waals surface area (Å²) in [5, 5.41) is 9.22. The quantitative estimate of drug-likeness (QED) is 0.284. The standard InChI is InChI=1S/C27H26ClN3O2S/c1-27(2,3)20-9-7-19(8-10-20)25(33)29-22-13-15-23(16-14-22)30-26(34)31-24(32)17-6-18-4-11-21(28)12-5-18/h4-17H,1-3H3,(H,29,33)(H2,30,31,32,34)/b17-6+. The molecule has 2 amide bonds. The van der Waals surface area contributed by atoms with Crippen LogP contribution in [-0.4, -0.2) is 16.9 Å². The highest BCUT2D eigenvalue weighted by atomic mass is 35.5. The summed E-state index contributed by atoms with van der Waals surface area (Å²) < 4.78 is 0. The van der Waals surface area contributed by atoms with Gasteiger partial charge >= 0.3 is 0 Å². The number of benzene rings is 3. The Labute approximate surface area is 210 Å². The van der Waals surface area contributed by atoms with E-state index < -0.39 is 0 Å². The fourth-order valence-electron chi connectivity index (χ4n) is 3.02. The van der Waals surface area contributed by atoms with Crippen LogP contribution in [0.4, 0.5) is 11.4 Å². The van der Waals surface area contributed by atoms with E-state index in [2.05, 4.69) is 36.7 Å². The summed E-state index contributed by atoms with van der Waals surface area (Å²) >= 11 is 11.1. The minimum absolute atomic E-state index is 0.0326. The average Bonchev–Trinajstić information content (AvgIpc) is 2.79. The number of carbonyl (C=O) groups excluding carboxylic acids is 2. The van der Waals surface area contributed by atoms with E-state index in [0.29, 0.717) is 22.0 Å². The first-order valence-corrected chi connectivity index (χ1v) is 11.5. The topological polar surface area (TPSA) is 70.2 Å². The van der Waals surface area contributed by atoms with Gasteiger partial charge in [0.25, 0.3) is 5.91 Å². The molecule has 0 heterocycles. The lowest BCUT2D eigenvalue weighted by Crippen LogP contribution is -2.32. The van der Waals surface area contributed by atoms with Crippen molar-refractivity contribution in [2.24, 2.45) is 0 Å². The van der Waals surface area contributed by atoms with Gasteiger partial charge in [-0.05, 0) is 83.4 Å². The zero-order valence-corrected chi connectivity index (χ0v) is 20.8. The Hall–Kier alpha value is -3.48. The molecule has 3 aromatic carbocycles. The fraction of sp³-hybridized carbons (Fsp3) is 0.148. The molecule has 0 fully saturated rings. The van der Waals surface area contributed by atoms with Gasteiger partial charge < -0.3 is 10.6 Å². The van der Waals surface area contributed by atoms with Crippen molar-refractivity contribution in [1.29, 1.82) is 0 Å². The van der Waals surface area contributed by atoms with Crippen molar-refractivity contribution < 1.29 is 9.59 Å². The Morgan fingerprint density at radius 2 is 1.38 bits per heavy atom. The van der Waals surface area contributed by atoms with E-state index in [9.17, 15) is 9.59 Å². The van der Waals surface area contributed by atoms with Crippen LogP contribution >= 0.6 is 23.8 Å². The zero-order chi connectivity index (χ0) is 24.7. The monoisotopic (exact) mass is 491 g/mol. The summed E-state index contributed by atoms with van der Waals surface area (Å²) in [6.45, 7) is 6.40. The van der Waals surface area contributed by atoms with Crippen LogP contribution in [0.5, 0.6) is 0 Å². The van der Waals surface area contributed by atoms with Crippen molar-refractivity contribution >= 4 is 58.2 Å². The molecule has 0 aromatic heterocycles. The van der Waals surface area contributed by atoms with Crippen LogP contribution in [0.15, 0.2) is 78.9 Å². The summed E-state index contributed by atoms with van der Waals surface area (Å²) in [4.78, 5) is 24.6. The lowest BCUT2D eigenvalue weighted by atomic mass is 9.87. The molecule has 0 bridgehead atoms. The third-order valence-electron chi connectivity index (χ3n) is 4.95. The van der Waals surface area contributed by atoms with Crippen molar-refractivity contribution in [2.75, 3.05) is 10.6 Å². The molecule has 3 aromatic rings. The molecular weight excluding hydrogens is 466 g/mol. The van der Waals surface area contributed by atoms with Gasteiger partial charge in [-0.2, -0.15) is 0 Å². The number of thiocarbonyl (C=S) groups is 1. The third-order valence-corrected chi connectivity index (χ3v) is 5.40. The minimum atomic E-state index is -0.353. The van der Waals surface area contributed by atoms with Gasteiger partial charge in [0.15, 0.2) is 5.11 Å². The van der Waals surface area contributed by atoms with Crippen molar-refractivity contribution in [3.63, 3.8) is 0 Å². The van der Waals surface area contributed by atoms with E-state index in [0.717, 1.165) is 5.56 Å². The molecule has 0 spiro atoms. The average molecular weight is 492 g/mol. The predicted octanol–water partition coefficient (Wildman–Crippen LogP) is 6.42. The van der Waals surface area contributed by atoms with Crippen LogP contribution in [0.25, 0.3) is 6.08 Å². The number of nitrogens with one attached hydrogen (secondary N) is 3. The Morgan fingerprint density at radius 1 is 0.824 bits per heavy atom. The summed E-state index contributed by atoms with van der Waals surface area (Å²) in [5.74, 6) is -0.537. The van der Waals surface area contributed by atoms with Crippen LogP contribution in [0, 0.1) is 0 Å². The van der Waals surface area contributed by atoms with Gasteiger partial charge in [0, 0.05) is 28.0 Å². The molecule has 3 N–H and O–H groups in total. The molecule has 0 atom stereocenters. The lowest BCUT2D eigenvalue weighted by Gasteiger charge is -2.19. The SMILES string of the molecule is CC(C)(C)c1ccc(C(=O)Nc2ccc(NC(=S)NC(=O)/C=C/c3ccc(Cl)cc3)cc2)cc1. The first kappa shape index (κ1) is 25.1. The summed E-state index contributed by atoms with van der Waals surface area (Å²) in [5.41, 5.74) is 3.97. The number of rotatable bonds is 5. The van der Waals surface area contributed by atoms with E-state index in [1.807, 2.05) is 36.4 Å². The lowest BCUT2D eigenvalue weighted by molar-refractivity contribution is -0.115. The molecule has 3 rings (SSSR count). The van der Waals surface area contributed by atoms with E-state index >= 15 is 0 Å². The molecule has 34 heavy (non-hydrogen) atoms. The maximum absolute atomic E-state index is 12.5. The van der Waals surface area contributed by atoms with Crippen molar-refractivity contribution in [3.8, 4) is 0 Å². The van der Waals surface area contributed by atoms with E-state index in [1.165, 1.54) is 11.6 Å². The molecule has 7 heteroatoms. The maximum Gasteiger partial charge on any atom is 0.255 e. The second-order valence-corrected chi connectivity index (χ2v) is 9.53. The van der Waals surface area contributed by atoms with Gasteiger partial charge in [0.1, 0.15) is 0 Å². The van der Waals surface area contributed by atoms with Crippen LogP contribution < -0.4 is 16.0 Å². The molecule has 0 radical (unpaired) electrons. The molecule has 174 valence electrons. The number of hydrogen-bond acceptors (Lipinski definition) is 3. The Balaban J connectivity index is 1.50.